The molecule has 2 rings (SSSR count). The van der Waals surface area contributed by atoms with E-state index in [-0.39, 0.29) is 5.75 Å². The zero-order chi connectivity index (χ0) is 14.0. The number of hydrogen-bond donors (Lipinski definition) is 3. The van der Waals surface area contributed by atoms with Crippen LogP contribution < -0.4 is 5.32 Å². The van der Waals surface area contributed by atoms with Crippen molar-refractivity contribution >= 4 is 11.9 Å². The number of benzene rings is 1. The number of phenols is 1. The molecule has 0 aliphatic heterocycles. The molecule has 1 fully saturated rings. The van der Waals surface area contributed by atoms with Crippen molar-refractivity contribution in [3.05, 3.63) is 29.3 Å². The van der Waals surface area contributed by atoms with E-state index < -0.39 is 17.4 Å². The largest absolute Gasteiger partial charge is 0.508 e. The van der Waals surface area contributed by atoms with Crippen LogP contribution in [0.4, 0.5) is 0 Å². The van der Waals surface area contributed by atoms with Gasteiger partial charge in [-0.2, -0.15) is 0 Å². The van der Waals surface area contributed by atoms with Gasteiger partial charge in [0.25, 0.3) is 5.91 Å². The number of carboxylic acids is 1. The van der Waals surface area contributed by atoms with Gasteiger partial charge in [0.1, 0.15) is 11.3 Å². The van der Waals surface area contributed by atoms with E-state index in [9.17, 15) is 19.8 Å². The van der Waals surface area contributed by atoms with Crippen LogP contribution >= 0.6 is 0 Å². The number of aromatic hydroxyl groups is 1. The maximum Gasteiger partial charge on any atom is 0.329 e. The molecule has 0 spiro atoms. The molecule has 1 aromatic rings. The van der Waals surface area contributed by atoms with Crippen molar-refractivity contribution in [3.63, 3.8) is 0 Å². The number of carboxylic acid groups (broad SMARTS) is 1. The van der Waals surface area contributed by atoms with E-state index >= 15 is 0 Å². The Labute approximate surface area is 111 Å². The number of aliphatic carboxylic acids is 1. The maximum atomic E-state index is 12.2. The number of hydrogen-bond acceptors (Lipinski definition) is 3. The van der Waals surface area contributed by atoms with E-state index in [0.717, 1.165) is 12.8 Å². The van der Waals surface area contributed by atoms with Gasteiger partial charge in [-0.3, -0.25) is 4.79 Å². The number of phenolic OH excluding ortho intramolecular Hbond substituents is 1. The van der Waals surface area contributed by atoms with E-state index in [1.807, 2.05) is 0 Å². The fourth-order valence-electron chi connectivity index (χ4n) is 2.56. The Bertz CT molecular complexity index is 518. The summed E-state index contributed by atoms with van der Waals surface area (Å²) in [6.07, 6.45) is 2.54. The van der Waals surface area contributed by atoms with Crippen LogP contribution in [0.25, 0.3) is 0 Å². The quantitative estimate of drug-likeness (QED) is 0.776. The van der Waals surface area contributed by atoms with Gasteiger partial charge in [0.05, 0.1) is 0 Å². The summed E-state index contributed by atoms with van der Waals surface area (Å²) in [6.45, 7) is 1.71. The predicted octanol–water partition coefficient (Wildman–Crippen LogP) is 1.83. The molecule has 1 saturated carbocycles. The monoisotopic (exact) mass is 263 g/mol. The van der Waals surface area contributed by atoms with Crippen LogP contribution in [0.3, 0.4) is 0 Å². The summed E-state index contributed by atoms with van der Waals surface area (Å²) in [4.78, 5) is 23.6. The van der Waals surface area contributed by atoms with E-state index in [4.69, 9.17) is 0 Å². The van der Waals surface area contributed by atoms with Gasteiger partial charge < -0.3 is 15.5 Å². The Morgan fingerprint density at radius 2 is 1.89 bits per heavy atom. The molecule has 1 aliphatic rings. The van der Waals surface area contributed by atoms with Crippen LogP contribution in [-0.4, -0.2) is 27.6 Å². The van der Waals surface area contributed by atoms with Crippen LogP contribution in [0.5, 0.6) is 5.75 Å². The third-order valence-electron chi connectivity index (χ3n) is 3.67. The van der Waals surface area contributed by atoms with Gasteiger partial charge in [0, 0.05) is 5.56 Å². The molecule has 3 N–H and O–H groups in total. The number of carbonyl (C=O) groups excluding carboxylic acids is 1. The third-order valence-corrected chi connectivity index (χ3v) is 3.67. The second kappa shape index (κ2) is 4.91. The Morgan fingerprint density at radius 1 is 1.26 bits per heavy atom. The van der Waals surface area contributed by atoms with Crippen molar-refractivity contribution in [2.75, 3.05) is 0 Å². The summed E-state index contributed by atoms with van der Waals surface area (Å²) in [5, 5.41) is 21.3. The number of carbonyl (C=O) groups is 2. The van der Waals surface area contributed by atoms with E-state index in [0.29, 0.717) is 24.0 Å². The minimum Gasteiger partial charge on any atom is -0.508 e. The first kappa shape index (κ1) is 13.4. The normalized spacial score (nSPS) is 17.1. The number of rotatable bonds is 3. The first-order valence-electron chi connectivity index (χ1n) is 6.30. The fraction of sp³-hybridized carbons (Fsp3) is 0.429. The lowest BCUT2D eigenvalue weighted by Gasteiger charge is -2.25. The molecule has 0 radical (unpaired) electrons. The highest BCUT2D eigenvalue weighted by Crippen LogP contribution is 2.30. The van der Waals surface area contributed by atoms with Crippen molar-refractivity contribution in [2.45, 2.75) is 38.1 Å². The van der Waals surface area contributed by atoms with Crippen molar-refractivity contribution in [1.29, 1.82) is 0 Å². The molecule has 5 heteroatoms. The topological polar surface area (TPSA) is 86.6 Å². The van der Waals surface area contributed by atoms with Crippen LogP contribution in [0.2, 0.25) is 0 Å². The minimum absolute atomic E-state index is 0.0860. The lowest BCUT2D eigenvalue weighted by Crippen LogP contribution is -2.52. The maximum absolute atomic E-state index is 12.2. The molecule has 5 nitrogen and oxygen atoms in total. The van der Waals surface area contributed by atoms with Crippen molar-refractivity contribution in [2.24, 2.45) is 0 Å². The zero-order valence-electron chi connectivity index (χ0n) is 10.8. The predicted molar refractivity (Wildman–Crippen MR) is 69.1 cm³/mol. The second-order valence-corrected chi connectivity index (χ2v) is 5.05. The van der Waals surface area contributed by atoms with Gasteiger partial charge in [-0.05, 0) is 43.5 Å². The van der Waals surface area contributed by atoms with Gasteiger partial charge in [0.2, 0.25) is 0 Å². The molecule has 0 bridgehead atoms. The summed E-state index contributed by atoms with van der Waals surface area (Å²) in [5.41, 5.74) is -0.122. The molecule has 102 valence electrons. The molecule has 0 aromatic heterocycles. The van der Waals surface area contributed by atoms with Gasteiger partial charge in [-0.25, -0.2) is 4.79 Å². The van der Waals surface area contributed by atoms with Crippen molar-refractivity contribution < 1.29 is 19.8 Å². The van der Waals surface area contributed by atoms with E-state index in [2.05, 4.69) is 5.32 Å². The van der Waals surface area contributed by atoms with Crippen molar-refractivity contribution in [3.8, 4) is 5.75 Å². The Balaban J connectivity index is 2.22. The van der Waals surface area contributed by atoms with Crippen molar-refractivity contribution in [1.82, 2.24) is 5.32 Å². The molecule has 0 atom stereocenters. The summed E-state index contributed by atoms with van der Waals surface area (Å²) in [6, 6.07) is 4.41. The van der Waals surface area contributed by atoms with E-state index in [1.54, 1.807) is 6.92 Å². The standard InChI is InChI=1S/C14H17NO4/c1-9-8-10(16)4-5-11(9)12(17)15-14(13(18)19)6-2-3-7-14/h4-5,8,16H,2-3,6-7H2,1H3,(H,15,17)(H,18,19). The van der Waals surface area contributed by atoms with Gasteiger partial charge in [-0.15, -0.1) is 0 Å². The molecule has 0 unspecified atom stereocenters. The molecule has 19 heavy (non-hydrogen) atoms. The highest BCUT2D eigenvalue weighted by molar-refractivity contribution is 5.99. The highest BCUT2D eigenvalue weighted by atomic mass is 16.4. The van der Waals surface area contributed by atoms with Gasteiger partial charge in [-0.1, -0.05) is 12.8 Å². The first-order chi connectivity index (χ1) is 8.94. The van der Waals surface area contributed by atoms with Gasteiger partial charge >= 0.3 is 5.97 Å². The first-order valence-corrected chi connectivity index (χ1v) is 6.30. The van der Waals surface area contributed by atoms with Gasteiger partial charge in [0.15, 0.2) is 0 Å². The zero-order valence-corrected chi connectivity index (χ0v) is 10.8. The van der Waals surface area contributed by atoms with Crippen LogP contribution in [-0.2, 0) is 4.79 Å². The van der Waals surface area contributed by atoms with Crippen LogP contribution in [0.15, 0.2) is 18.2 Å². The average molecular weight is 263 g/mol. The van der Waals surface area contributed by atoms with Crippen LogP contribution in [0, 0.1) is 6.92 Å². The summed E-state index contributed by atoms with van der Waals surface area (Å²) in [7, 11) is 0. The van der Waals surface area contributed by atoms with E-state index in [1.165, 1.54) is 18.2 Å². The Hall–Kier alpha value is -2.04. The second-order valence-electron chi connectivity index (χ2n) is 5.05. The Kier molecular flexibility index (Phi) is 3.46. The average Bonchev–Trinajstić information content (AvgIpc) is 2.78. The third kappa shape index (κ3) is 2.54. The molecular formula is C14H17NO4. The lowest BCUT2D eigenvalue weighted by molar-refractivity contribution is -0.144. The number of aryl methyl sites for hydroxylation is 1. The smallest absolute Gasteiger partial charge is 0.329 e. The van der Waals surface area contributed by atoms with Crippen LogP contribution in [0.1, 0.15) is 41.6 Å². The fourth-order valence-corrected chi connectivity index (χ4v) is 2.56. The molecule has 0 saturated heterocycles. The molecule has 1 aliphatic carbocycles. The minimum atomic E-state index is -1.14. The summed E-state index contributed by atoms with van der Waals surface area (Å²) in [5.74, 6) is -1.29. The SMILES string of the molecule is Cc1cc(O)ccc1C(=O)NC1(C(=O)O)CCCC1. The lowest BCUT2D eigenvalue weighted by atomic mass is 9.96. The summed E-state index contributed by atoms with van der Waals surface area (Å²) < 4.78 is 0. The number of nitrogens with one attached hydrogen (secondary N) is 1. The Morgan fingerprint density at radius 3 is 2.42 bits per heavy atom. The highest BCUT2D eigenvalue weighted by Gasteiger charge is 2.42. The number of amides is 1. The molecular weight excluding hydrogens is 246 g/mol. The molecule has 0 heterocycles. The summed E-state index contributed by atoms with van der Waals surface area (Å²) >= 11 is 0. The molecule has 1 aromatic carbocycles. The molecule has 1 amide bonds.